The van der Waals surface area contributed by atoms with Gasteiger partial charge < -0.3 is 14.7 Å². The van der Waals surface area contributed by atoms with Crippen molar-refractivity contribution < 1.29 is 13.9 Å². The van der Waals surface area contributed by atoms with Crippen LogP contribution in [0.5, 0.6) is 0 Å². The van der Waals surface area contributed by atoms with Crippen molar-refractivity contribution in [1.82, 2.24) is 9.97 Å². The van der Waals surface area contributed by atoms with Crippen molar-refractivity contribution in [3.05, 3.63) is 34.0 Å². The molecule has 0 aliphatic rings. The molecule has 2 aromatic rings. The number of benzene rings is 1. The Morgan fingerprint density at radius 3 is 2.53 bits per heavy atom. The number of carbonyl (C=O) groups is 1. The van der Waals surface area contributed by atoms with Crippen LogP contribution in [-0.2, 0) is 4.74 Å². The molecule has 0 bridgehead atoms. The van der Waals surface area contributed by atoms with E-state index in [1.165, 1.54) is 6.07 Å². The molecule has 1 heterocycles. The minimum atomic E-state index is -0.781. The van der Waals surface area contributed by atoms with Crippen LogP contribution < -0.4 is 5.69 Å². The van der Waals surface area contributed by atoms with Crippen LogP contribution in [0.15, 0.2) is 16.9 Å². The predicted molar refractivity (Wildman–Crippen MR) is 50.2 cm³/mol. The predicted octanol–water partition coefficient (Wildman–Crippen LogP) is 0.782. The Kier molecular flexibility index (Phi) is 2.03. The summed E-state index contributed by atoms with van der Waals surface area (Å²) < 4.78 is 17.7. The zero-order valence-electron chi connectivity index (χ0n) is 7.76. The van der Waals surface area contributed by atoms with E-state index in [2.05, 4.69) is 14.7 Å². The van der Waals surface area contributed by atoms with Gasteiger partial charge in [-0.3, -0.25) is 0 Å². The Bertz CT molecular complexity index is 585. The molecule has 0 aliphatic heterocycles. The number of fused-ring (bicyclic) bond motifs is 1. The largest absolute Gasteiger partial charge is 0.465 e. The average Bonchev–Trinajstić information content (AvgIpc) is 2.55. The first-order valence-corrected chi connectivity index (χ1v) is 4.11. The van der Waals surface area contributed by atoms with Gasteiger partial charge in [-0.1, -0.05) is 0 Å². The number of hydrogen-bond acceptors (Lipinski definition) is 3. The van der Waals surface area contributed by atoms with E-state index < -0.39 is 17.5 Å². The van der Waals surface area contributed by atoms with Crippen LogP contribution in [0.4, 0.5) is 4.39 Å². The molecule has 0 spiro atoms. The molecule has 2 N–H and O–H groups in total. The SMILES string of the molecule is COC(=O)c1cc2[nH]c(=O)[nH]c2cc1F. The minimum absolute atomic E-state index is 0.208. The fourth-order valence-corrected chi connectivity index (χ4v) is 1.32. The monoisotopic (exact) mass is 210 g/mol. The lowest BCUT2D eigenvalue weighted by molar-refractivity contribution is 0.0595. The van der Waals surface area contributed by atoms with Gasteiger partial charge in [0.15, 0.2) is 0 Å². The Balaban J connectivity index is 2.71. The van der Waals surface area contributed by atoms with E-state index in [4.69, 9.17) is 0 Å². The Hall–Kier alpha value is -2.11. The van der Waals surface area contributed by atoms with Crippen molar-refractivity contribution in [3.8, 4) is 0 Å². The summed E-state index contributed by atoms with van der Waals surface area (Å²) in [6.45, 7) is 0. The van der Waals surface area contributed by atoms with Gasteiger partial charge in [-0.25, -0.2) is 14.0 Å². The summed E-state index contributed by atoms with van der Waals surface area (Å²) in [5, 5.41) is 0. The van der Waals surface area contributed by atoms with E-state index in [-0.39, 0.29) is 5.56 Å². The summed E-state index contributed by atoms with van der Waals surface area (Å²) in [5.74, 6) is -1.51. The van der Waals surface area contributed by atoms with Crippen LogP contribution >= 0.6 is 0 Å². The van der Waals surface area contributed by atoms with Crippen LogP contribution in [0, 0.1) is 5.82 Å². The van der Waals surface area contributed by atoms with E-state index in [1.54, 1.807) is 0 Å². The van der Waals surface area contributed by atoms with E-state index in [1.807, 2.05) is 0 Å². The molecule has 78 valence electrons. The molecule has 0 unspecified atom stereocenters. The quantitative estimate of drug-likeness (QED) is 0.683. The highest BCUT2D eigenvalue weighted by Gasteiger charge is 2.14. The second-order valence-electron chi connectivity index (χ2n) is 2.95. The molecule has 0 atom stereocenters. The fourth-order valence-electron chi connectivity index (χ4n) is 1.32. The van der Waals surface area contributed by atoms with E-state index in [0.29, 0.717) is 11.0 Å². The molecular formula is C9H7FN2O3. The summed E-state index contributed by atoms with van der Waals surface area (Å²) in [4.78, 5) is 26.8. The highest BCUT2D eigenvalue weighted by atomic mass is 19.1. The number of hydrogen-bond donors (Lipinski definition) is 2. The number of carbonyl (C=O) groups excluding carboxylic acids is 1. The zero-order valence-corrected chi connectivity index (χ0v) is 7.76. The molecule has 15 heavy (non-hydrogen) atoms. The lowest BCUT2D eigenvalue weighted by Crippen LogP contribution is -2.04. The van der Waals surface area contributed by atoms with Crippen LogP contribution in [0.3, 0.4) is 0 Å². The van der Waals surface area contributed by atoms with Gasteiger partial charge in [-0.2, -0.15) is 0 Å². The first kappa shape index (κ1) is 9.45. The van der Waals surface area contributed by atoms with Gasteiger partial charge in [-0.05, 0) is 6.07 Å². The van der Waals surface area contributed by atoms with Gasteiger partial charge >= 0.3 is 11.7 Å². The maximum atomic E-state index is 13.3. The summed E-state index contributed by atoms with van der Waals surface area (Å²) in [5.41, 5.74) is 0.0126. The third kappa shape index (κ3) is 1.50. The van der Waals surface area contributed by atoms with E-state index >= 15 is 0 Å². The number of rotatable bonds is 1. The summed E-state index contributed by atoms with van der Waals surface area (Å²) >= 11 is 0. The number of ether oxygens (including phenoxy) is 1. The van der Waals surface area contributed by atoms with Crippen molar-refractivity contribution in [2.45, 2.75) is 0 Å². The highest BCUT2D eigenvalue weighted by Crippen LogP contribution is 2.15. The average molecular weight is 210 g/mol. The van der Waals surface area contributed by atoms with Crippen molar-refractivity contribution in [2.75, 3.05) is 7.11 Å². The normalized spacial score (nSPS) is 10.5. The molecule has 1 aromatic carbocycles. The summed E-state index contributed by atoms with van der Waals surface area (Å²) in [7, 11) is 1.16. The lowest BCUT2D eigenvalue weighted by Gasteiger charge is -2.00. The molecule has 0 aliphatic carbocycles. The highest BCUT2D eigenvalue weighted by molar-refractivity contribution is 5.93. The minimum Gasteiger partial charge on any atom is -0.465 e. The maximum Gasteiger partial charge on any atom is 0.340 e. The molecule has 0 fully saturated rings. The number of methoxy groups -OCH3 is 1. The molecular weight excluding hydrogens is 203 g/mol. The Morgan fingerprint density at radius 1 is 1.33 bits per heavy atom. The van der Waals surface area contributed by atoms with Gasteiger partial charge in [-0.15, -0.1) is 0 Å². The zero-order chi connectivity index (χ0) is 11.0. The van der Waals surface area contributed by atoms with Crippen molar-refractivity contribution in [2.24, 2.45) is 0 Å². The van der Waals surface area contributed by atoms with Gasteiger partial charge in [0.05, 0.1) is 23.7 Å². The third-order valence-corrected chi connectivity index (χ3v) is 2.01. The van der Waals surface area contributed by atoms with Crippen LogP contribution in [0.1, 0.15) is 10.4 Å². The van der Waals surface area contributed by atoms with Gasteiger partial charge in [0.1, 0.15) is 5.82 Å². The number of nitrogens with one attached hydrogen (secondary N) is 2. The van der Waals surface area contributed by atoms with Crippen LogP contribution in [0.2, 0.25) is 0 Å². The van der Waals surface area contributed by atoms with Gasteiger partial charge in [0, 0.05) is 6.07 Å². The van der Waals surface area contributed by atoms with Crippen molar-refractivity contribution >= 4 is 17.0 Å². The molecule has 5 nitrogen and oxygen atoms in total. The Morgan fingerprint density at radius 2 is 1.93 bits per heavy atom. The first-order chi connectivity index (χ1) is 7.11. The van der Waals surface area contributed by atoms with E-state index in [9.17, 15) is 14.0 Å². The molecule has 1 aromatic heterocycles. The molecule has 0 amide bonds. The fraction of sp³-hybridized carbons (Fsp3) is 0.111. The van der Waals surface area contributed by atoms with Crippen LogP contribution in [0.25, 0.3) is 11.0 Å². The number of H-pyrrole nitrogens is 2. The third-order valence-electron chi connectivity index (χ3n) is 2.01. The maximum absolute atomic E-state index is 13.3. The van der Waals surface area contributed by atoms with Crippen molar-refractivity contribution in [1.29, 1.82) is 0 Å². The molecule has 0 saturated heterocycles. The summed E-state index contributed by atoms with van der Waals surface area (Å²) in [6.07, 6.45) is 0. The number of aromatic amines is 2. The molecule has 0 saturated carbocycles. The number of imidazole rings is 1. The number of esters is 1. The summed E-state index contributed by atoms with van der Waals surface area (Å²) in [6, 6.07) is 2.30. The lowest BCUT2D eigenvalue weighted by atomic mass is 10.2. The first-order valence-electron chi connectivity index (χ1n) is 4.11. The number of aromatic nitrogens is 2. The topological polar surface area (TPSA) is 75.0 Å². The Labute approximate surface area is 82.9 Å². The van der Waals surface area contributed by atoms with Gasteiger partial charge in [0.25, 0.3) is 0 Å². The van der Waals surface area contributed by atoms with Crippen molar-refractivity contribution in [3.63, 3.8) is 0 Å². The van der Waals surface area contributed by atoms with Crippen LogP contribution in [-0.4, -0.2) is 23.0 Å². The second kappa shape index (κ2) is 3.23. The standard InChI is InChI=1S/C9H7FN2O3/c1-15-8(13)4-2-6-7(3-5(4)10)12-9(14)11-6/h2-3H,1H3,(H2,11,12,14). The molecule has 0 radical (unpaired) electrons. The molecule has 2 rings (SSSR count). The van der Waals surface area contributed by atoms with Gasteiger partial charge in [0.2, 0.25) is 0 Å². The molecule has 6 heteroatoms. The smallest absolute Gasteiger partial charge is 0.340 e. The number of halogens is 1. The van der Waals surface area contributed by atoms with E-state index in [0.717, 1.165) is 13.2 Å². The second-order valence-corrected chi connectivity index (χ2v) is 2.95.